The molecule has 0 aromatic heterocycles. The first-order chi connectivity index (χ1) is 8.69. The van der Waals surface area contributed by atoms with E-state index in [-0.39, 0.29) is 0 Å². The average Bonchev–Trinajstić information content (AvgIpc) is 2.39. The molecule has 0 aliphatic rings. The lowest BCUT2D eigenvalue weighted by Gasteiger charge is -2.08. The summed E-state index contributed by atoms with van der Waals surface area (Å²) < 4.78 is 6.48. The number of nitriles is 1. The highest BCUT2D eigenvalue weighted by atomic mass is 79.9. The second-order valence-corrected chi connectivity index (χ2v) is 5.02. The van der Waals surface area contributed by atoms with Crippen molar-refractivity contribution in [2.75, 3.05) is 0 Å². The fourth-order valence-electron chi connectivity index (χ4n) is 1.46. The average molecular weight is 323 g/mol. The number of nitrogens with zero attached hydrogens (tertiary/aromatic N) is 1. The summed E-state index contributed by atoms with van der Waals surface area (Å²) in [6.45, 7) is 0.410. The van der Waals surface area contributed by atoms with Crippen molar-refractivity contribution in [2.45, 2.75) is 6.61 Å². The maximum atomic E-state index is 9.01. The van der Waals surface area contributed by atoms with Crippen LogP contribution >= 0.6 is 27.5 Å². The summed E-state index contributed by atoms with van der Waals surface area (Å²) in [4.78, 5) is 0. The Balaban J connectivity index is 2.11. The van der Waals surface area contributed by atoms with Crippen LogP contribution in [-0.4, -0.2) is 0 Å². The van der Waals surface area contributed by atoms with Crippen LogP contribution < -0.4 is 4.74 Å². The van der Waals surface area contributed by atoms with E-state index >= 15 is 0 Å². The SMILES string of the molecule is N#Cc1cc(Br)ccc1OCc1ccc(Cl)cc1. The number of hydrogen-bond donors (Lipinski definition) is 0. The van der Waals surface area contributed by atoms with Crippen molar-refractivity contribution in [3.8, 4) is 11.8 Å². The first-order valence-electron chi connectivity index (χ1n) is 5.26. The Morgan fingerprint density at radius 1 is 1.17 bits per heavy atom. The summed E-state index contributed by atoms with van der Waals surface area (Å²) in [7, 11) is 0. The van der Waals surface area contributed by atoms with Gasteiger partial charge in [-0.1, -0.05) is 39.7 Å². The molecule has 0 unspecified atom stereocenters. The molecule has 0 N–H and O–H groups in total. The van der Waals surface area contributed by atoms with Crippen LogP contribution in [0.1, 0.15) is 11.1 Å². The van der Waals surface area contributed by atoms with Gasteiger partial charge in [0, 0.05) is 9.50 Å². The molecule has 0 aliphatic heterocycles. The summed E-state index contributed by atoms with van der Waals surface area (Å²) in [5, 5.41) is 9.70. The molecule has 0 radical (unpaired) electrons. The topological polar surface area (TPSA) is 33.0 Å². The highest BCUT2D eigenvalue weighted by Crippen LogP contribution is 2.23. The summed E-state index contributed by atoms with van der Waals surface area (Å²) >= 11 is 9.12. The highest BCUT2D eigenvalue weighted by molar-refractivity contribution is 9.10. The minimum Gasteiger partial charge on any atom is -0.488 e. The van der Waals surface area contributed by atoms with Gasteiger partial charge in [0.1, 0.15) is 18.4 Å². The predicted octanol–water partition coefficient (Wildman–Crippen LogP) is 4.55. The smallest absolute Gasteiger partial charge is 0.137 e. The van der Waals surface area contributed by atoms with Crippen LogP contribution in [0, 0.1) is 11.3 Å². The summed E-state index contributed by atoms with van der Waals surface area (Å²) in [5.74, 6) is 0.579. The first-order valence-corrected chi connectivity index (χ1v) is 6.43. The number of benzene rings is 2. The molecule has 2 aromatic carbocycles. The molecule has 0 saturated carbocycles. The predicted molar refractivity (Wildman–Crippen MR) is 74.6 cm³/mol. The van der Waals surface area contributed by atoms with E-state index in [1.807, 2.05) is 30.3 Å². The van der Waals surface area contributed by atoms with Crippen molar-refractivity contribution in [3.05, 3.63) is 63.1 Å². The number of halogens is 2. The van der Waals surface area contributed by atoms with Crippen LogP contribution in [-0.2, 0) is 6.61 Å². The van der Waals surface area contributed by atoms with Crippen molar-refractivity contribution in [3.63, 3.8) is 0 Å². The van der Waals surface area contributed by atoms with Crippen molar-refractivity contribution >= 4 is 27.5 Å². The van der Waals surface area contributed by atoms with Crippen LogP contribution in [0.4, 0.5) is 0 Å². The van der Waals surface area contributed by atoms with Gasteiger partial charge in [0.15, 0.2) is 0 Å². The molecular weight excluding hydrogens is 314 g/mol. The van der Waals surface area contributed by atoms with Crippen LogP contribution in [0.3, 0.4) is 0 Å². The minimum atomic E-state index is 0.410. The second kappa shape index (κ2) is 5.90. The second-order valence-electron chi connectivity index (χ2n) is 3.67. The molecule has 4 heteroatoms. The Hall–Kier alpha value is -1.50. The Bertz CT molecular complexity index is 590. The first kappa shape index (κ1) is 12.9. The third-order valence-electron chi connectivity index (χ3n) is 2.37. The number of hydrogen-bond acceptors (Lipinski definition) is 2. The lowest BCUT2D eigenvalue weighted by molar-refractivity contribution is 0.305. The number of ether oxygens (including phenoxy) is 1. The Morgan fingerprint density at radius 2 is 1.89 bits per heavy atom. The number of rotatable bonds is 3. The van der Waals surface area contributed by atoms with Gasteiger partial charge in [-0.05, 0) is 35.9 Å². The Kier molecular flexibility index (Phi) is 4.24. The van der Waals surface area contributed by atoms with Gasteiger partial charge in [-0.3, -0.25) is 0 Å². The van der Waals surface area contributed by atoms with Crippen LogP contribution in [0.2, 0.25) is 5.02 Å². The molecule has 2 nitrogen and oxygen atoms in total. The maximum Gasteiger partial charge on any atom is 0.137 e. The van der Waals surface area contributed by atoms with Gasteiger partial charge in [0.05, 0.1) is 5.56 Å². The molecule has 2 aromatic rings. The van der Waals surface area contributed by atoms with Crippen molar-refractivity contribution in [1.29, 1.82) is 5.26 Å². The fraction of sp³-hybridized carbons (Fsp3) is 0.0714. The Labute approximate surface area is 119 Å². The quantitative estimate of drug-likeness (QED) is 0.830. The van der Waals surface area contributed by atoms with Crippen molar-refractivity contribution in [2.24, 2.45) is 0 Å². The lowest BCUT2D eigenvalue weighted by Crippen LogP contribution is -1.97. The molecule has 18 heavy (non-hydrogen) atoms. The van der Waals surface area contributed by atoms with Gasteiger partial charge in [0.25, 0.3) is 0 Å². The molecule has 0 atom stereocenters. The molecule has 0 saturated heterocycles. The Morgan fingerprint density at radius 3 is 2.56 bits per heavy atom. The standard InChI is InChI=1S/C14H9BrClNO/c15-12-3-6-14(11(7-12)8-17)18-9-10-1-4-13(16)5-2-10/h1-7H,9H2. The van der Waals surface area contributed by atoms with Gasteiger partial charge in [-0.15, -0.1) is 0 Å². The van der Waals surface area contributed by atoms with Gasteiger partial charge >= 0.3 is 0 Å². The van der Waals surface area contributed by atoms with E-state index in [4.69, 9.17) is 21.6 Å². The van der Waals surface area contributed by atoms with Crippen LogP contribution in [0.25, 0.3) is 0 Å². The normalized spacial score (nSPS) is 9.83. The molecule has 0 aliphatic carbocycles. The highest BCUT2D eigenvalue weighted by Gasteiger charge is 2.04. The van der Waals surface area contributed by atoms with Gasteiger partial charge < -0.3 is 4.74 Å². The van der Waals surface area contributed by atoms with E-state index in [0.717, 1.165) is 10.0 Å². The monoisotopic (exact) mass is 321 g/mol. The van der Waals surface area contributed by atoms with Gasteiger partial charge in [-0.2, -0.15) is 5.26 Å². The summed E-state index contributed by atoms with van der Waals surface area (Å²) in [6, 6.07) is 14.9. The maximum absolute atomic E-state index is 9.01. The third-order valence-corrected chi connectivity index (χ3v) is 3.11. The molecule has 0 fully saturated rings. The summed E-state index contributed by atoms with van der Waals surface area (Å²) in [5.41, 5.74) is 1.52. The molecular formula is C14H9BrClNO. The fourth-order valence-corrected chi connectivity index (χ4v) is 1.94. The van der Waals surface area contributed by atoms with E-state index in [0.29, 0.717) is 22.9 Å². The van der Waals surface area contributed by atoms with E-state index in [2.05, 4.69) is 22.0 Å². The van der Waals surface area contributed by atoms with Crippen molar-refractivity contribution in [1.82, 2.24) is 0 Å². The molecule has 0 amide bonds. The van der Waals surface area contributed by atoms with Crippen LogP contribution in [0.15, 0.2) is 46.9 Å². The molecule has 90 valence electrons. The van der Waals surface area contributed by atoms with E-state index < -0.39 is 0 Å². The zero-order valence-electron chi connectivity index (χ0n) is 9.36. The lowest BCUT2D eigenvalue weighted by atomic mass is 10.2. The van der Waals surface area contributed by atoms with E-state index in [9.17, 15) is 0 Å². The summed E-state index contributed by atoms with van der Waals surface area (Å²) in [6.07, 6.45) is 0. The van der Waals surface area contributed by atoms with Crippen LogP contribution in [0.5, 0.6) is 5.75 Å². The van der Waals surface area contributed by atoms with E-state index in [1.54, 1.807) is 12.1 Å². The van der Waals surface area contributed by atoms with Crippen molar-refractivity contribution < 1.29 is 4.74 Å². The zero-order valence-corrected chi connectivity index (χ0v) is 11.7. The molecule has 0 bridgehead atoms. The minimum absolute atomic E-state index is 0.410. The third kappa shape index (κ3) is 3.25. The van der Waals surface area contributed by atoms with E-state index in [1.165, 1.54) is 0 Å². The molecule has 0 spiro atoms. The van der Waals surface area contributed by atoms with Gasteiger partial charge in [0.2, 0.25) is 0 Å². The molecule has 2 rings (SSSR count). The zero-order chi connectivity index (χ0) is 13.0. The molecule has 0 heterocycles. The largest absolute Gasteiger partial charge is 0.488 e. The van der Waals surface area contributed by atoms with Gasteiger partial charge in [-0.25, -0.2) is 0 Å².